The van der Waals surface area contributed by atoms with Gasteiger partial charge in [-0.2, -0.15) is 0 Å². The first-order chi connectivity index (χ1) is 14.3. The van der Waals surface area contributed by atoms with E-state index in [1.165, 1.54) is 12.0 Å². The van der Waals surface area contributed by atoms with E-state index in [1.807, 2.05) is 13.1 Å². The van der Waals surface area contributed by atoms with Gasteiger partial charge in [0.2, 0.25) is 0 Å². The molecule has 29 heavy (non-hydrogen) atoms. The Morgan fingerprint density at radius 1 is 1.21 bits per heavy atom. The Labute approximate surface area is 169 Å². The zero-order valence-electron chi connectivity index (χ0n) is 16.4. The average molecular weight is 388 g/mol. The molecule has 0 amide bonds. The third-order valence-corrected chi connectivity index (χ3v) is 5.68. The number of aryl methyl sites for hydroxylation is 1. The van der Waals surface area contributed by atoms with Crippen molar-refractivity contribution >= 4 is 11.0 Å². The van der Waals surface area contributed by atoms with Gasteiger partial charge >= 0.3 is 0 Å². The van der Waals surface area contributed by atoms with Crippen LogP contribution in [0.5, 0.6) is 0 Å². The van der Waals surface area contributed by atoms with E-state index in [9.17, 15) is 0 Å². The summed E-state index contributed by atoms with van der Waals surface area (Å²) in [5, 5.41) is 20.4. The minimum Gasteiger partial charge on any atom is -0.464 e. The fraction of sp³-hybridized carbons (Fsp3) is 0.318. The molecule has 0 unspecified atom stereocenters. The predicted octanol–water partition coefficient (Wildman–Crippen LogP) is 3.21. The zero-order chi connectivity index (χ0) is 19.6. The number of furan rings is 1. The molecule has 3 heterocycles. The van der Waals surface area contributed by atoms with Gasteiger partial charge in [0, 0.05) is 42.2 Å². The number of nitrogens with zero attached hydrogens (tertiary/aromatic N) is 4. The minimum atomic E-state index is 0.308. The number of benzene rings is 2. The first-order valence-electron chi connectivity index (χ1n) is 10.0. The second-order valence-corrected chi connectivity index (χ2v) is 7.57. The van der Waals surface area contributed by atoms with E-state index in [2.05, 4.69) is 68.6 Å². The maximum atomic E-state index is 5.79. The van der Waals surface area contributed by atoms with Crippen LogP contribution in [0.25, 0.3) is 22.4 Å². The normalized spacial score (nSPS) is 19.6. The summed E-state index contributed by atoms with van der Waals surface area (Å²) in [7, 11) is 1.85. The van der Waals surface area contributed by atoms with Crippen molar-refractivity contribution in [2.75, 3.05) is 6.54 Å². The molecule has 0 radical (unpaired) electrons. The molecule has 4 aromatic rings. The molecule has 0 saturated carbocycles. The third-order valence-electron chi connectivity index (χ3n) is 5.68. The van der Waals surface area contributed by atoms with E-state index >= 15 is 0 Å². The maximum absolute atomic E-state index is 5.79. The molecule has 1 saturated heterocycles. The molecule has 7 heteroatoms. The van der Waals surface area contributed by atoms with Crippen LogP contribution in [0.3, 0.4) is 0 Å². The standard InChI is InChI=1S/C22H24N6O/c1-28-22(25-26-27-28)17-12-16-9-11-29-21(16)18(13-17)14-24-19-8-5-10-23-20(19)15-6-3-2-4-7-15/h2-4,6-7,9,11-13,19-20,23-24H,5,8,10,14H2,1H3/t19-,20-/m0/s1. The monoisotopic (exact) mass is 388 g/mol. The van der Waals surface area contributed by atoms with Gasteiger partial charge in [-0.1, -0.05) is 30.3 Å². The number of aromatic nitrogens is 4. The minimum absolute atomic E-state index is 0.308. The summed E-state index contributed by atoms with van der Waals surface area (Å²) in [6, 6.07) is 17.5. The highest BCUT2D eigenvalue weighted by Crippen LogP contribution is 2.29. The highest BCUT2D eigenvalue weighted by Gasteiger charge is 2.26. The van der Waals surface area contributed by atoms with Crippen LogP contribution in [-0.2, 0) is 13.6 Å². The maximum Gasteiger partial charge on any atom is 0.181 e. The van der Waals surface area contributed by atoms with Crippen molar-refractivity contribution in [3.05, 3.63) is 65.9 Å². The molecular formula is C22H24N6O. The molecule has 7 nitrogen and oxygen atoms in total. The summed E-state index contributed by atoms with van der Waals surface area (Å²) in [6.45, 7) is 1.77. The fourth-order valence-corrected chi connectivity index (χ4v) is 4.25. The Hall–Kier alpha value is -3.03. The van der Waals surface area contributed by atoms with E-state index < -0.39 is 0 Å². The number of hydrogen-bond acceptors (Lipinski definition) is 6. The van der Waals surface area contributed by atoms with Gasteiger partial charge in [0.1, 0.15) is 5.58 Å². The molecule has 0 bridgehead atoms. The first kappa shape index (κ1) is 18.0. The molecule has 1 fully saturated rings. The Kier molecular flexibility index (Phi) is 4.83. The van der Waals surface area contributed by atoms with Gasteiger partial charge in [-0.05, 0) is 53.6 Å². The van der Waals surface area contributed by atoms with Crippen LogP contribution in [0.2, 0.25) is 0 Å². The third kappa shape index (κ3) is 3.54. The first-order valence-corrected chi connectivity index (χ1v) is 10.0. The van der Waals surface area contributed by atoms with Crippen LogP contribution < -0.4 is 10.6 Å². The van der Waals surface area contributed by atoms with Gasteiger partial charge in [0.25, 0.3) is 0 Å². The smallest absolute Gasteiger partial charge is 0.181 e. The van der Waals surface area contributed by atoms with E-state index in [0.717, 1.165) is 47.4 Å². The van der Waals surface area contributed by atoms with Crippen molar-refractivity contribution < 1.29 is 4.42 Å². The molecule has 2 aromatic heterocycles. The fourth-order valence-electron chi connectivity index (χ4n) is 4.25. The lowest BCUT2D eigenvalue weighted by Crippen LogP contribution is -2.45. The summed E-state index contributed by atoms with van der Waals surface area (Å²) in [6.07, 6.45) is 4.05. The van der Waals surface area contributed by atoms with E-state index in [0.29, 0.717) is 12.1 Å². The van der Waals surface area contributed by atoms with Crippen molar-refractivity contribution in [3.8, 4) is 11.4 Å². The number of fused-ring (bicyclic) bond motifs is 1. The highest BCUT2D eigenvalue weighted by atomic mass is 16.3. The molecule has 1 aliphatic rings. The van der Waals surface area contributed by atoms with Crippen LogP contribution in [0.1, 0.15) is 30.0 Å². The molecule has 148 valence electrons. The lowest BCUT2D eigenvalue weighted by atomic mass is 9.92. The molecule has 5 rings (SSSR count). The van der Waals surface area contributed by atoms with Crippen molar-refractivity contribution in [2.45, 2.75) is 31.5 Å². The second-order valence-electron chi connectivity index (χ2n) is 7.57. The molecule has 2 N–H and O–H groups in total. The largest absolute Gasteiger partial charge is 0.464 e. The predicted molar refractivity (Wildman–Crippen MR) is 111 cm³/mol. The van der Waals surface area contributed by atoms with Crippen molar-refractivity contribution in [1.29, 1.82) is 0 Å². The number of tetrazole rings is 1. The zero-order valence-corrected chi connectivity index (χ0v) is 16.4. The van der Waals surface area contributed by atoms with Crippen molar-refractivity contribution in [3.63, 3.8) is 0 Å². The lowest BCUT2D eigenvalue weighted by Gasteiger charge is -2.34. The number of rotatable bonds is 5. The van der Waals surface area contributed by atoms with Crippen molar-refractivity contribution in [1.82, 2.24) is 30.8 Å². The van der Waals surface area contributed by atoms with E-state index in [1.54, 1.807) is 10.9 Å². The summed E-state index contributed by atoms with van der Waals surface area (Å²) < 4.78 is 7.48. The Bertz CT molecular complexity index is 1100. The van der Waals surface area contributed by atoms with Gasteiger partial charge in [-0.25, -0.2) is 4.68 Å². The van der Waals surface area contributed by atoms with Crippen LogP contribution >= 0.6 is 0 Å². The molecular weight excluding hydrogens is 364 g/mol. The number of hydrogen-bond donors (Lipinski definition) is 2. The van der Waals surface area contributed by atoms with Crippen LogP contribution in [0.15, 0.2) is 59.2 Å². The van der Waals surface area contributed by atoms with E-state index in [4.69, 9.17) is 4.42 Å². The highest BCUT2D eigenvalue weighted by molar-refractivity contribution is 5.85. The Balaban J connectivity index is 1.42. The van der Waals surface area contributed by atoms with Gasteiger partial charge in [0.05, 0.1) is 6.26 Å². The van der Waals surface area contributed by atoms with Gasteiger partial charge in [0.15, 0.2) is 5.82 Å². The van der Waals surface area contributed by atoms with Gasteiger partial charge in [-0.3, -0.25) is 0 Å². The summed E-state index contributed by atoms with van der Waals surface area (Å²) in [4.78, 5) is 0. The SMILES string of the molecule is Cn1nnnc1-c1cc(CN[C@H]2CCCN[C@H]2c2ccccc2)c2occc2c1. The molecule has 0 aliphatic carbocycles. The topological polar surface area (TPSA) is 80.8 Å². The number of nitrogens with one attached hydrogen (secondary N) is 2. The lowest BCUT2D eigenvalue weighted by molar-refractivity contribution is 0.304. The summed E-state index contributed by atoms with van der Waals surface area (Å²) in [5.74, 6) is 0.746. The molecule has 2 atom stereocenters. The Morgan fingerprint density at radius 2 is 2.10 bits per heavy atom. The quantitative estimate of drug-likeness (QED) is 0.546. The molecule has 2 aromatic carbocycles. The number of piperidine rings is 1. The second kappa shape index (κ2) is 7.77. The van der Waals surface area contributed by atoms with Crippen molar-refractivity contribution in [2.24, 2.45) is 7.05 Å². The summed E-state index contributed by atoms with van der Waals surface area (Å²) >= 11 is 0. The van der Waals surface area contributed by atoms with Crippen LogP contribution in [-0.4, -0.2) is 32.8 Å². The van der Waals surface area contributed by atoms with Gasteiger partial charge < -0.3 is 15.1 Å². The van der Waals surface area contributed by atoms with E-state index in [-0.39, 0.29) is 0 Å². The molecule has 0 spiro atoms. The Morgan fingerprint density at radius 3 is 2.93 bits per heavy atom. The van der Waals surface area contributed by atoms with Gasteiger partial charge in [-0.15, -0.1) is 5.10 Å². The average Bonchev–Trinajstić information content (AvgIpc) is 3.41. The van der Waals surface area contributed by atoms with Crippen LogP contribution in [0.4, 0.5) is 0 Å². The summed E-state index contributed by atoms with van der Waals surface area (Å²) in [5.41, 5.74) is 4.34. The van der Waals surface area contributed by atoms with Crippen LogP contribution in [0, 0.1) is 0 Å². The molecule has 1 aliphatic heterocycles.